The minimum atomic E-state index is 0.309. The second-order valence-corrected chi connectivity index (χ2v) is 6.99. The number of ether oxygens (including phenoxy) is 2. The van der Waals surface area contributed by atoms with Crippen LogP contribution in [-0.4, -0.2) is 30.2 Å². The van der Waals surface area contributed by atoms with Crippen molar-refractivity contribution in [2.75, 3.05) is 24.4 Å². The van der Waals surface area contributed by atoms with Crippen LogP contribution in [0, 0.1) is 0 Å². The van der Waals surface area contributed by atoms with Gasteiger partial charge in [-0.2, -0.15) is 4.98 Å². The van der Waals surface area contributed by atoms with Crippen molar-refractivity contribution < 1.29 is 9.47 Å². The molecule has 3 aromatic rings. The van der Waals surface area contributed by atoms with Gasteiger partial charge in [-0.1, -0.05) is 36.4 Å². The van der Waals surface area contributed by atoms with Gasteiger partial charge in [0.2, 0.25) is 5.95 Å². The van der Waals surface area contributed by atoms with Gasteiger partial charge >= 0.3 is 0 Å². The molecule has 0 aliphatic heterocycles. The third-order valence-corrected chi connectivity index (χ3v) is 4.65. The van der Waals surface area contributed by atoms with E-state index in [2.05, 4.69) is 53.3 Å². The normalized spacial score (nSPS) is 10.7. The fraction of sp³-hybridized carbons (Fsp3) is 0.304. The zero-order valence-corrected chi connectivity index (χ0v) is 17.4. The summed E-state index contributed by atoms with van der Waals surface area (Å²) < 4.78 is 10.7. The van der Waals surface area contributed by atoms with Crippen LogP contribution in [0.15, 0.2) is 60.8 Å². The number of hydrogen-bond donors (Lipinski definition) is 1. The molecule has 0 saturated heterocycles. The lowest BCUT2D eigenvalue weighted by atomic mass is 10.2. The van der Waals surface area contributed by atoms with Crippen LogP contribution >= 0.6 is 0 Å². The van der Waals surface area contributed by atoms with Crippen molar-refractivity contribution in [3.8, 4) is 11.5 Å². The van der Waals surface area contributed by atoms with Crippen molar-refractivity contribution in [1.82, 2.24) is 9.97 Å². The number of benzene rings is 2. The van der Waals surface area contributed by atoms with Crippen LogP contribution in [0.2, 0.25) is 0 Å². The van der Waals surface area contributed by atoms with E-state index in [0.29, 0.717) is 30.0 Å². The summed E-state index contributed by atoms with van der Waals surface area (Å²) in [4.78, 5) is 11.4. The third kappa shape index (κ3) is 5.38. The van der Waals surface area contributed by atoms with Crippen LogP contribution in [0.5, 0.6) is 11.5 Å². The average Bonchev–Trinajstić information content (AvgIpc) is 2.76. The summed E-state index contributed by atoms with van der Waals surface area (Å²) in [5.74, 6) is 2.91. The Bertz CT molecular complexity index is 916. The molecule has 3 rings (SSSR count). The quantitative estimate of drug-likeness (QED) is 0.578. The van der Waals surface area contributed by atoms with Crippen molar-refractivity contribution in [2.45, 2.75) is 33.0 Å². The Morgan fingerprint density at radius 1 is 0.931 bits per heavy atom. The summed E-state index contributed by atoms with van der Waals surface area (Å²) in [6.45, 7) is 5.72. The Balaban J connectivity index is 1.73. The molecule has 6 heteroatoms. The summed E-state index contributed by atoms with van der Waals surface area (Å²) in [5.41, 5.74) is 2.31. The smallest absolute Gasteiger partial charge is 0.224 e. The largest absolute Gasteiger partial charge is 0.493 e. The third-order valence-electron chi connectivity index (χ3n) is 4.65. The maximum atomic E-state index is 5.37. The van der Waals surface area contributed by atoms with E-state index in [1.807, 2.05) is 30.3 Å². The predicted molar refractivity (Wildman–Crippen MR) is 117 cm³/mol. The average molecular weight is 393 g/mol. The van der Waals surface area contributed by atoms with Crippen LogP contribution in [0.4, 0.5) is 11.8 Å². The lowest BCUT2D eigenvalue weighted by molar-refractivity contribution is 0.354. The molecular weight excluding hydrogens is 364 g/mol. The molecule has 0 radical (unpaired) electrons. The lowest BCUT2D eigenvalue weighted by Gasteiger charge is -2.28. The van der Waals surface area contributed by atoms with Gasteiger partial charge in [-0.3, -0.25) is 0 Å². The van der Waals surface area contributed by atoms with E-state index in [0.717, 1.165) is 17.9 Å². The maximum Gasteiger partial charge on any atom is 0.224 e. The minimum Gasteiger partial charge on any atom is -0.493 e. The van der Waals surface area contributed by atoms with Gasteiger partial charge in [-0.15, -0.1) is 0 Å². The van der Waals surface area contributed by atoms with Gasteiger partial charge < -0.3 is 19.7 Å². The van der Waals surface area contributed by atoms with Crippen LogP contribution in [0.3, 0.4) is 0 Å². The number of aromatic nitrogens is 2. The molecule has 6 nitrogen and oxygen atoms in total. The number of nitrogens with one attached hydrogen (secondary N) is 1. The first-order valence-corrected chi connectivity index (χ1v) is 9.69. The van der Waals surface area contributed by atoms with E-state index < -0.39 is 0 Å². The van der Waals surface area contributed by atoms with E-state index >= 15 is 0 Å². The van der Waals surface area contributed by atoms with E-state index in [4.69, 9.17) is 14.5 Å². The summed E-state index contributed by atoms with van der Waals surface area (Å²) in [6.07, 6.45) is 1.79. The molecule has 0 spiro atoms. The molecule has 0 aliphatic rings. The molecule has 152 valence electrons. The maximum absolute atomic E-state index is 5.37. The zero-order chi connectivity index (χ0) is 20.6. The number of rotatable bonds is 9. The van der Waals surface area contributed by atoms with Gasteiger partial charge in [0.15, 0.2) is 11.5 Å². The van der Waals surface area contributed by atoms with Crippen LogP contribution in [0.25, 0.3) is 0 Å². The second kappa shape index (κ2) is 9.78. The number of nitrogens with zero attached hydrogens (tertiary/aromatic N) is 3. The number of anilines is 2. The van der Waals surface area contributed by atoms with Gasteiger partial charge in [0.25, 0.3) is 0 Å². The Morgan fingerprint density at radius 2 is 1.69 bits per heavy atom. The van der Waals surface area contributed by atoms with E-state index in [-0.39, 0.29) is 0 Å². The highest BCUT2D eigenvalue weighted by molar-refractivity contribution is 5.46. The number of methoxy groups -OCH3 is 2. The molecule has 0 amide bonds. The fourth-order valence-corrected chi connectivity index (χ4v) is 3.07. The molecule has 0 unspecified atom stereocenters. The van der Waals surface area contributed by atoms with Crippen molar-refractivity contribution in [1.29, 1.82) is 0 Å². The molecular formula is C23H28N4O2. The lowest BCUT2D eigenvalue weighted by Crippen LogP contribution is -2.31. The van der Waals surface area contributed by atoms with Crippen LogP contribution < -0.4 is 19.7 Å². The van der Waals surface area contributed by atoms with Gasteiger partial charge in [0, 0.05) is 25.3 Å². The molecule has 29 heavy (non-hydrogen) atoms. The van der Waals surface area contributed by atoms with Crippen molar-refractivity contribution in [2.24, 2.45) is 0 Å². The van der Waals surface area contributed by atoms with Crippen molar-refractivity contribution in [3.05, 3.63) is 71.9 Å². The van der Waals surface area contributed by atoms with Crippen LogP contribution in [-0.2, 0) is 13.1 Å². The summed E-state index contributed by atoms with van der Waals surface area (Å²) in [7, 11) is 3.26. The molecule has 0 bridgehead atoms. The fourth-order valence-electron chi connectivity index (χ4n) is 3.07. The molecule has 0 aliphatic carbocycles. The SMILES string of the molecule is COc1ccc(CNc2nccc(N(Cc3ccccc3)C(C)C)n2)cc1OC. The molecule has 0 fully saturated rings. The van der Waals surface area contributed by atoms with Gasteiger partial charge in [-0.25, -0.2) is 4.98 Å². The Morgan fingerprint density at radius 3 is 2.38 bits per heavy atom. The highest BCUT2D eigenvalue weighted by Gasteiger charge is 2.14. The first-order chi connectivity index (χ1) is 14.1. The van der Waals surface area contributed by atoms with Crippen molar-refractivity contribution >= 4 is 11.8 Å². The Hall–Kier alpha value is -3.28. The van der Waals surface area contributed by atoms with Gasteiger partial charge in [-0.05, 0) is 43.2 Å². The Labute approximate surface area is 172 Å². The first-order valence-electron chi connectivity index (χ1n) is 9.69. The zero-order valence-electron chi connectivity index (χ0n) is 17.4. The summed E-state index contributed by atoms with van der Waals surface area (Å²) in [6, 6.07) is 18.5. The Kier molecular flexibility index (Phi) is 6.89. The molecule has 1 heterocycles. The summed E-state index contributed by atoms with van der Waals surface area (Å²) >= 11 is 0. The molecule has 0 atom stereocenters. The monoisotopic (exact) mass is 392 g/mol. The minimum absolute atomic E-state index is 0.309. The molecule has 1 aromatic heterocycles. The highest BCUT2D eigenvalue weighted by Crippen LogP contribution is 2.27. The second-order valence-electron chi connectivity index (χ2n) is 6.99. The van der Waals surface area contributed by atoms with E-state index in [1.54, 1.807) is 20.4 Å². The first kappa shape index (κ1) is 20.5. The van der Waals surface area contributed by atoms with Crippen LogP contribution in [0.1, 0.15) is 25.0 Å². The summed E-state index contributed by atoms with van der Waals surface area (Å²) in [5, 5.41) is 3.30. The molecule has 0 saturated carbocycles. The van der Waals surface area contributed by atoms with Crippen molar-refractivity contribution in [3.63, 3.8) is 0 Å². The molecule has 2 aromatic carbocycles. The molecule has 1 N–H and O–H groups in total. The highest BCUT2D eigenvalue weighted by atomic mass is 16.5. The van der Waals surface area contributed by atoms with E-state index in [9.17, 15) is 0 Å². The predicted octanol–water partition coefficient (Wildman–Crippen LogP) is 4.52. The van der Waals surface area contributed by atoms with E-state index in [1.165, 1.54) is 5.56 Å². The standard InChI is InChI=1S/C23H28N4O2/c1-17(2)27(16-18-8-6-5-7-9-18)22-12-13-24-23(26-22)25-15-19-10-11-20(28-3)21(14-19)29-4/h5-14,17H,15-16H2,1-4H3,(H,24,25,26). The van der Waals surface area contributed by atoms with Gasteiger partial charge in [0.05, 0.1) is 14.2 Å². The topological polar surface area (TPSA) is 59.5 Å². The number of hydrogen-bond acceptors (Lipinski definition) is 6. The van der Waals surface area contributed by atoms with Gasteiger partial charge in [0.1, 0.15) is 5.82 Å².